The van der Waals surface area contributed by atoms with E-state index in [1.807, 2.05) is 12.3 Å². The van der Waals surface area contributed by atoms with Gasteiger partial charge in [-0.2, -0.15) is 0 Å². The lowest BCUT2D eigenvalue weighted by molar-refractivity contribution is -0.116. The molecule has 0 radical (unpaired) electrons. The standard InChI is InChI=1S/C14H13N3O3S/c1-9-17-11(8-21-9)2-3-13(18)16-7-12-6-10(14(19)20)4-5-15-12/h2-6,8H,7H2,1H3,(H,16,18)(H,19,20)/b3-2+. The number of aromatic nitrogens is 2. The van der Waals surface area contributed by atoms with Gasteiger partial charge in [0.25, 0.3) is 0 Å². The first-order chi connectivity index (χ1) is 10.0. The molecule has 2 N–H and O–H groups in total. The number of carboxylic acid groups (broad SMARTS) is 1. The Hall–Kier alpha value is -2.54. The minimum atomic E-state index is -1.02. The molecule has 6 nitrogen and oxygen atoms in total. The van der Waals surface area contributed by atoms with Crippen LogP contribution in [0.4, 0.5) is 0 Å². The summed E-state index contributed by atoms with van der Waals surface area (Å²) >= 11 is 1.51. The Morgan fingerprint density at radius 3 is 2.95 bits per heavy atom. The molecule has 0 aliphatic heterocycles. The predicted octanol–water partition coefficient (Wildman–Crippen LogP) is 1.87. The number of pyridine rings is 1. The van der Waals surface area contributed by atoms with Crippen LogP contribution in [0.2, 0.25) is 0 Å². The monoisotopic (exact) mass is 303 g/mol. The number of hydrogen-bond donors (Lipinski definition) is 2. The summed E-state index contributed by atoms with van der Waals surface area (Å²) < 4.78 is 0. The number of nitrogens with one attached hydrogen (secondary N) is 1. The van der Waals surface area contributed by atoms with Gasteiger partial charge in [0.05, 0.1) is 28.5 Å². The molecule has 0 aliphatic carbocycles. The van der Waals surface area contributed by atoms with Gasteiger partial charge in [0.2, 0.25) is 5.91 Å². The molecule has 0 bridgehead atoms. The summed E-state index contributed by atoms with van der Waals surface area (Å²) in [7, 11) is 0. The zero-order valence-corrected chi connectivity index (χ0v) is 12.1. The number of amides is 1. The molecule has 0 saturated carbocycles. The van der Waals surface area contributed by atoms with Crippen molar-refractivity contribution < 1.29 is 14.7 Å². The van der Waals surface area contributed by atoms with Crippen LogP contribution in [-0.4, -0.2) is 27.0 Å². The van der Waals surface area contributed by atoms with E-state index in [0.717, 1.165) is 10.7 Å². The smallest absolute Gasteiger partial charge is 0.335 e. The van der Waals surface area contributed by atoms with E-state index in [9.17, 15) is 9.59 Å². The molecule has 7 heteroatoms. The molecule has 0 unspecified atom stereocenters. The minimum absolute atomic E-state index is 0.141. The summed E-state index contributed by atoms with van der Waals surface area (Å²) in [6.07, 6.45) is 4.41. The number of carbonyl (C=O) groups excluding carboxylic acids is 1. The largest absolute Gasteiger partial charge is 0.478 e. The molecule has 0 saturated heterocycles. The van der Waals surface area contributed by atoms with E-state index in [1.54, 1.807) is 6.08 Å². The Morgan fingerprint density at radius 2 is 2.29 bits per heavy atom. The molecule has 108 valence electrons. The number of nitrogens with zero attached hydrogens (tertiary/aromatic N) is 2. The second-order valence-corrected chi connectivity index (χ2v) is 5.25. The van der Waals surface area contributed by atoms with Gasteiger partial charge in [-0.1, -0.05) is 0 Å². The van der Waals surface area contributed by atoms with Crippen molar-refractivity contribution in [2.24, 2.45) is 0 Å². The quantitative estimate of drug-likeness (QED) is 0.823. The molecular weight excluding hydrogens is 290 g/mol. The highest BCUT2D eigenvalue weighted by Crippen LogP contribution is 2.09. The number of carboxylic acids is 1. The molecule has 21 heavy (non-hydrogen) atoms. The van der Waals surface area contributed by atoms with Crippen LogP contribution in [0.25, 0.3) is 6.08 Å². The van der Waals surface area contributed by atoms with Crippen LogP contribution >= 0.6 is 11.3 Å². The molecule has 2 aromatic rings. The fourth-order valence-corrected chi connectivity index (χ4v) is 2.14. The van der Waals surface area contributed by atoms with E-state index in [1.165, 1.54) is 35.7 Å². The Bertz CT molecular complexity index is 694. The average molecular weight is 303 g/mol. The zero-order valence-electron chi connectivity index (χ0n) is 11.2. The van der Waals surface area contributed by atoms with Gasteiger partial charge in [0.15, 0.2) is 0 Å². The Morgan fingerprint density at radius 1 is 1.48 bits per heavy atom. The second-order valence-electron chi connectivity index (χ2n) is 4.18. The molecule has 0 spiro atoms. The number of thiazole rings is 1. The molecular formula is C14H13N3O3S. The van der Waals surface area contributed by atoms with Crippen LogP contribution < -0.4 is 5.32 Å². The fraction of sp³-hybridized carbons (Fsp3) is 0.143. The molecule has 2 aromatic heterocycles. The molecule has 0 atom stereocenters. The van der Waals surface area contributed by atoms with Crippen LogP contribution in [0.3, 0.4) is 0 Å². The van der Waals surface area contributed by atoms with Gasteiger partial charge in [0.1, 0.15) is 0 Å². The molecule has 2 heterocycles. The maximum absolute atomic E-state index is 11.6. The summed E-state index contributed by atoms with van der Waals surface area (Å²) in [5.41, 5.74) is 1.36. The maximum Gasteiger partial charge on any atom is 0.335 e. The van der Waals surface area contributed by atoms with E-state index in [2.05, 4.69) is 15.3 Å². The molecule has 2 rings (SSSR count). The summed E-state index contributed by atoms with van der Waals surface area (Å²) in [5, 5.41) is 14.3. The van der Waals surface area contributed by atoms with Crippen molar-refractivity contribution in [1.29, 1.82) is 0 Å². The van der Waals surface area contributed by atoms with Gasteiger partial charge in [0, 0.05) is 17.7 Å². The van der Waals surface area contributed by atoms with E-state index < -0.39 is 5.97 Å². The third kappa shape index (κ3) is 4.50. The predicted molar refractivity (Wildman–Crippen MR) is 78.9 cm³/mol. The topological polar surface area (TPSA) is 92.2 Å². The molecule has 0 aliphatic rings. The normalized spacial score (nSPS) is 10.7. The van der Waals surface area contributed by atoms with Gasteiger partial charge in [-0.3, -0.25) is 9.78 Å². The zero-order chi connectivity index (χ0) is 15.2. The van der Waals surface area contributed by atoms with Gasteiger partial charge in [-0.05, 0) is 25.1 Å². The Labute approximate surface area is 125 Å². The van der Waals surface area contributed by atoms with Crippen LogP contribution in [0.1, 0.15) is 26.8 Å². The van der Waals surface area contributed by atoms with Crippen LogP contribution in [0.15, 0.2) is 29.8 Å². The molecule has 0 aromatic carbocycles. The SMILES string of the molecule is Cc1nc(/C=C/C(=O)NCc2cc(C(=O)O)ccn2)cs1. The summed E-state index contributed by atoms with van der Waals surface area (Å²) in [6.45, 7) is 2.06. The van der Waals surface area contributed by atoms with Crippen LogP contribution in [0, 0.1) is 6.92 Å². The highest BCUT2D eigenvalue weighted by Gasteiger charge is 2.05. The van der Waals surface area contributed by atoms with Crippen molar-refractivity contribution in [3.63, 3.8) is 0 Å². The third-order valence-corrected chi connectivity index (χ3v) is 3.34. The first-order valence-electron chi connectivity index (χ1n) is 6.11. The van der Waals surface area contributed by atoms with Crippen LogP contribution in [0.5, 0.6) is 0 Å². The lowest BCUT2D eigenvalue weighted by atomic mass is 10.2. The van der Waals surface area contributed by atoms with Crippen molar-refractivity contribution >= 4 is 29.3 Å². The number of rotatable bonds is 5. The van der Waals surface area contributed by atoms with Gasteiger partial charge < -0.3 is 10.4 Å². The van der Waals surface area contributed by atoms with E-state index >= 15 is 0 Å². The summed E-state index contributed by atoms with van der Waals surface area (Å²) in [4.78, 5) is 30.7. The van der Waals surface area contributed by atoms with Gasteiger partial charge >= 0.3 is 5.97 Å². The minimum Gasteiger partial charge on any atom is -0.478 e. The fourth-order valence-electron chi connectivity index (χ4n) is 1.56. The number of hydrogen-bond acceptors (Lipinski definition) is 5. The lowest BCUT2D eigenvalue weighted by Gasteiger charge is -2.02. The Balaban J connectivity index is 1.90. The van der Waals surface area contributed by atoms with E-state index in [0.29, 0.717) is 5.69 Å². The van der Waals surface area contributed by atoms with Crippen molar-refractivity contribution in [3.8, 4) is 0 Å². The lowest BCUT2D eigenvalue weighted by Crippen LogP contribution is -2.21. The average Bonchev–Trinajstić information content (AvgIpc) is 2.89. The number of aromatic carboxylic acids is 1. The molecule has 1 amide bonds. The molecule has 0 fully saturated rings. The van der Waals surface area contributed by atoms with E-state index in [-0.39, 0.29) is 18.0 Å². The van der Waals surface area contributed by atoms with Crippen molar-refractivity contribution in [2.75, 3.05) is 0 Å². The highest BCUT2D eigenvalue weighted by atomic mass is 32.1. The van der Waals surface area contributed by atoms with Crippen LogP contribution in [-0.2, 0) is 11.3 Å². The van der Waals surface area contributed by atoms with Gasteiger partial charge in [-0.25, -0.2) is 9.78 Å². The second kappa shape index (κ2) is 6.76. The first-order valence-corrected chi connectivity index (χ1v) is 6.99. The van der Waals surface area contributed by atoms with E-state index in [4.69, 9.17) is 5.11 Å². The summed E-state index contributed by atoms with van der Waals surface area (Å²) in [6, 6.07) is 2.83. The Kier molecular flexibility index (Phi) is 4.78. The first kappa shape index (κ1) is 14.9. The number of carbonyl (C=O) groups is 2. The number of aryl methyl sites for hydroxylation is 1. The highest BCUT2D eigenvalue weighted by molar-refractivity contribution is 7.09. The third-order valence-electron chi connectivity index (χ3n) is 2.55. The maximum atomic E-state index is 11.6. The van der Waals surface area contributed by atoms with Gasteiger partial charge in [-0.15, -0.1) is 11.3 Å². The van der Waals surface area contributed by atoms with Crippen molar-refractivity contribution in [2.45, 2.75) is 13.5 Å². The van der Waals surface area contributed by atoms with Crippen molar-refractivity contribution in [3.05, 3.63) is 51.7 Å². The van der Waals surface area contributed by atoms with Crippen molar-refractivity contribution in [1.82, 2.24) is 15.3 Å². The summed E-state index contributed by atoms with van der Waals surface area (Å²) in [5.74, 6) is -1.31.